The zero-order valence-electron chi connectivity index (χ0n) is 12.3. The summed E-state index contributed by atoms with van der Waals surface area (Å²) in [5.41, 5.74) is 0.278. The van der Waals surface area contributed by atoms with Gasteiger partial charge >= 0.3 is 0 Å². The average molecular weight is 285 g/mol. The second-order valence-electron chi connectivity index (χ2n) is 5.37. The summed E-state index contributed by atoms with van der Waals surface area (Å²) in [6, 6.07) is 0. The number of rotatable bonds is 6. The molecule has 2 fully saturated rings. The van der Waals surface area contributed by atoms with Crippen LogP contribution in [0.3, 0.4) is 0 Å². The number of hydrogen-bond acceptors (Lipinski definition) is 4. The fourth-order valence-corrected chi connectivity index (χ4v) is 3.88. The van der Waals surface area contributed by atoms with Crippen LogP contribution in [0.15, 0.2) is 4.99 Å². The Morgan fingerprint density at radius 3 is 2.74 bits per heavy atom. The van der Waals surface area contributed by atoms with Crippen molar-refractivity contribution in [2.75, 3.05) is 45.1 Å². The van der Waals surface area contributed by atoms with Gasteiger partial charge in [0.25, 0.3) is 0 Å². The summed E-state index contributed by atoms with van der Waals surface area (Å²) in [5, 5.41) is 4.80. The Hall–Kier alpha value is -0.260. The van der Waals surface area contributed by atoms with Crippen LogP contribution < -0.4 is 5.32 Å². The molecule has 0 radical (unpaired) electrons. The SMILES string of the molecule is CCN(CC)CCCN=C1NC2(CCOCC2)CS1. The van der Waals surface area contributed by atoms with Crippen molar-refractivity contribution in [1.29, 1.82) is 0 Å². The van der Waals surface area contributed by atoms with Gasteiger partial charge in [0.1, 0.15) is 0 Å². The minimum Gasteiger partial charge on any atom is -0.381 e. The number of amidine groups is 1. The van der Waals surface area contributed by atoms with Gasteiger partial charge in [-0.05, 0) is 38.9 Å². The lowest BCUT2D eigenvalue weighted by molar-refractivity contribution is 0.0555. The lowest BCUT2D eigenvalue weighted by atomic mass is 9.93. The molecule has 1 spiro atoms. The van der Waals surface area contributed by atoms with E-state index >= 15 is 0 Å². The normalized spacial score (nSPS) is 24.3. The van der Waals surface area contributed by atoms with Crippen molar-refractivity contribution in [3.63, 3.8) is 0 Å². The summed E-state index contributed by atoms with van der Waals surface area (Å²) in [7, 11) is 0. The van der Waals surface area contributed by atoms with E-state index in [-0.39, 0.29) is 5.54 Å². The van der Waals surface area contributed by atoms with E-state index in [1.165, 1.54) is 0 Å². The molecule has 2 heterocycles. The molecule has 0 saturated carbocycles. The summed E-state index contributed by atoms with van der Waals surface area (Å²) < 4.78 is 5.45. The Bertz CT molecular complexity index is 299. The monoisotopic (exact) mass is 285 g/mol. The Balaban J connectivity index is 1.70. The fraction of sp³-hybridized carbons (Fsp3) is 0.929. The van der Waals surface area contributed by atoms with Gasteiger partial charge in [-0.1, -0.05) is 25.6 Å². The molecule has 2 saturated heterocycles. The molecular formula is C14H27N3OS. The fourth-order valence-electron chi connectivity index (χ4n) is 2.64. The Kier molecular flexibility index (Phi) is 5.98. The maximum Gasteiger partial charge on any atom is 0.157 e. The molecule has 0 aromatic carbocycles. The first kappa shape index (κ1) is 15.1. The molecule has 4 nitrogen and oxygen atoms in total. The molecular weight excluding hydrogens is 258 g/mol. The van der Waals surface area contributed by atoms with E-state index in [9.17, 15) is 0 Å². The Morgan fingerprint density at radius 2 is 2.05 bits per heavy atom. The van der Waals surface area contributed by atoms with Crippen LogP contribution in [0.5, 0.6) is 0 Å². The highest BCUT2D eigenvalue weighted by atomic mass is 32.2. The van der Waals surface area contributed by atoms with E-state index in [4.69, 9.17) is 9.73 Å². The van der Waals surface area contributed by atoms with Gasteiger partial charge in [0.2, 0.25) is 0 Å². The molecule has 110 valence electrons. The van der Waals surface area contributed by atoms with Crippen LogP contribution in [0.2, 0.25) is 0 Å². The van der Waals surface area contributed by atoms with Gasteiger partial charge in [-0.3, -0.25) is 4.99 Å². The molecule has 1 N–H and O–H groups in total. The van der Waals surface area contributed by atoms with Crippen LogP contribution in [0.1, 0.15) is 33.1 Å². The van der Waals surface area contributed by atoms with Gasteiger partial charge < -0.3 is 15.0 Å². The summed E-state index contributed by atoms with van der Waals surface area (Å²) >= 11 is 1.89. The van der Waals surface area contributed by atoms with Crippen LogP contribution in [-0.2, 0) is 4.74 Å². The highest BCUT2D eigenvalue weighted by molar-refractivity contribution is 8.14. The summed E-state index contributed by atoms with van der Waals surface area (Å²) in [5.74, 6) is 1.16. The molecule has 2 rings (SSSR count). The summed E-state index contributed by atoms with van der Waals surface area (Å²) in [6.45, 7) is 10.6. The second-order valence-corrected chi connectivity index (χ2v) is 6.34. The standard InChI is InChI=1S/C14H27N3OS/c1-3-17(4-2)9-5-8-15-13-16-14(12-19-13)6-10-18-11-7-14/h3-12H2,1-2H3,(H,15,16). The second kappa shape index (κ2) is 7.50. The third-order valence-electron chi connectivity index (χ3n) is 4.09. The quantitative estimate of drug-likeness (QED) is 0.757. The largest absolute Gasteiger partial charge is 0.381 e. The molecule has 0 atom stereocenters. The highest BCUT2D eigenvalue weighted by Crippen LogP contribution is 2.31. The number of hydrogen-bond donors (Lipinski definition) is 1. The van der Waals surface area contributed by atoms with Crippen molar-refractivity contribution in [1.82, 2.24) is 10.2 Å². The van der Waals surface area contributed by atoms with E-state index in [1.54, 1.807) is 0 Å². The van der Waals surface area contributed by atoms with Gasteiger partial charge in [-0.15, -0.1) is 0 Å². The highest BCUT2D eigenvalue weighted by Gasteiger charge is 2.38. The maximum absolute atomic E-state index is 5.45. The average Bonchev–Trinajstić information content (AvgIpc) is 2.83. The van der Waals surface area contributed by atoms with Crippen molar-refractivity contribution in [2.45, 2.75) is 38.6 Å². The first-order valence-electron chi connectivity index (χ1n) is 7.53. The predicted octanol–water partition coefficient (Wildman–Crippen LogP) is 1.96. The van der Waals surface area contributed by atoms with Crippen LogP contribution in [-0.4, -0.2) is 60.8 Å². The van der Waals surface area contributed by atoms with Gasteiger partial charge in [-0.2, -0.15) is 0 Å². The molecule has 0 unspecified atom stereocenters. The van der Waals surface area contributed by atoms with Crippen molar-refractivity contribution in [3.05, 3.63) is 0 Å². The Labute approximate surface area is 121 Å². The molecule has 2 aliphatic heterocycles. The predicted molar refractivity (Wildman–Crippen MR) is 83.1 cm³/mol. The molecule has 0 aromatic heterocycles. The van der Waals surface area contributed by atoms with E-state index in [2.05, 4.69) is 24.1 Å². The smallest absolute Gasteiger partial charge is 0.157 e. The molecule has 0 aliphatic carbocycles. The number of aliphatic imine (C=N–C) groups is 1. The lowest BCUT2D eigenvalue weighted by Crippen LogP contribution is -2.48. The molecule has 0 bridgehead atoms. The lowest BCUT2D eigenvalue weighted by Gasteiger charge is -2.32. The van der Waals surface area contributed by atoms with E-state index in [0.717, 1.165) is 69.6 Å². The molecule has 5 heteroatoms. The van der Waals surface area contributed by atoms with Gasteiger partial charge in [0.15, 0.2) is 5.17 Å². The number of nitrogens with one attached hydrogen (secondary N) is 1. The van der Waals surface area contributed by atoms with Gasteiger partial charge in [0, 0.05) is 25.5 Å². The minimum absolute atomic E-state index is 0.278. The van der Waals surface area contributed by atoms with Gasteiger partial charge in [0.05, 0.1) is 5.54 Å². The van der Waals surface area contributed by atoms with Crippen LogP contribution in [0, 0.1) is 0 Å². The van der Waals surface area contributed by atoms with Crippen LogP contribution >= 0.6 is 11.8 Å². The van der Waals surface area contributed by atoms with Crippen molar-refractivity contribution >= 4 is 16.9 Å². The number of thioether (sulfide) groups is 1. The molecule has 0 amide bonds. The van der Waals surface area contributed by atoms with Crippen molar-refractivity contribution in [3.8, 4) is 0 Å². The first-order chi connectivity index (χ1) is 9.28. The minimum atomic E-state index is 0.278. The van der Waals surface area contributed by atoms with E-state index in [0.29, 0.717) is 0 Å². The van der Waals surface area contributed by atoms with Crippen LogP contribution in [0.25, 0.3) is 0 Å². The van der Waals surface area contributed by atoms with Crippen molar-refractivity contribution < 1.29 is 4.74 Å². The van der Waals surface area contributed by atoms with Gasteiger partial charge in [-0.25, -0.2) is 0 Å². The zero-order valence-corrected chi connectivity index (χ0v) is 13.1. The molecule has 19 heavy (non-hydrogen) atoms. The third kappa shape index (κ3) is 4.36. The molecule has 2 aliphatic rings. The Morgan fingerprint density at radius 1 is 1.32 bits per heavy atom. The third-order valence-corrected chi connectivity index (χ3v) is 5.29. The van der Waals surface area contributed by atoms with Crippen molar-refractivity contribution in [2.24, 2.45) is 4.99 Å². The summed E-state index contributed by atoms with van der Waals surface area (Å²) in [4.78, 5) is 7.17. The summed E-state index contributed by atoms with van der Waals surface area (Å²) in [6.07, 6.45) is 3.40. The van der Waals surface area contributed by atoms with Crippen LogP contribution in [0.4, 0.5) is 0 Å². The maximum atomic E-state index is 5.45. The molecule has 0 aromatic rings. The number of nitrogens with zero attached hydrogens (tertiary/aromatic N) is 2. The topological polar surface area (TPSA) is 36.9 Å². The zero-order chi connectivity index (χ0) is 13.6. The number of ether oxygens (including phenoxy) is 1. The first-order valence-corrected chi connectivity index (χ1v) is 8.52. The van der Waals surface area contributed by atoms with E-state index in [1.807, 2.05) is 11.8 Å². The van der Waals surface area contributed by atoms with E-state index < -0.39 is 0 Å².